The van der Waals surface area contributed by atoms with Gasteiger partial charge in [0.05, 0.1) is 24.1 Å². The van der Waals surface area contributed by atoms with Crippen molar-refractivity contribution in [1.82, 2.24) is 25.5 Å². The van der Waals surface area contributed by atoms with E-state index >= 15 is 0 Å². The molecule has 10 heteroatoms. The first-order chi connectivity index (χ1) is 12.1. The third-order valence-corrected chi connectivity index (χ3v) is 3.13. The lowest BCUT2D eigenvalue weighted by Crippen LogP contribution is -2.24. The Labute approximate surface area is 141 Å². The van der Waals surface area contributed by atoms with Crippen LogP contribution in [0.15, 0.2) is 53.1 Å². The highest BCUT2D eigenvalue weighted by Crippen LogP contribution is 2.26. The largest absolute Gasteiger partial charge is 0.380 e. The summed E-state index contributed by atoms with van der Waals surface area (Å²) in [4.78, 5) is 19.7. The van der Waals surface area contributed by atoms with Gasteiger partial charge in [0.2, 0.25) is 0 Å². The van der Waals surface area contributed by atoms with Gasteiger partial charge < -0.3 is 11.1 Å². The van der Waals surface area contributed by atoms with Crippen LogP contribution in [0.1, 0.15) is 16.2 Å². The number of aromatic nitrogens is 4. The molecule has 1 aromatic carbocycles. The van der Waals surface area contributed by atoms with Crippen LogP contribution < -0.4 is 11.1 Å². The van der Waals surface area contributed by atoms with Crippen LogP contribution in [-0.2, 0) is 6.54 Å². The first-order valence-corrected chi connectivity index (χ1v) is 7.17. The number of rotatable bonds is 5. The van der Waals surface area contributed by atoms with E-state index in [4.69, 9.17) is 5.73 Å². The zero-order chi connectivity index (χ0) is 17.6. The molecule has 2 heterocycles. The van der Waals surface area contributed by atoms with Crippen LogP contribution in [0.5, 0.6) is 0 Å². The van der Waals surface area contributed by atoms with Crippen molar-refractivity contribution >= 4 is 23.1 Å². The van der Waals surface area contributed by atoms with E-state index in [1.807, 2.05) is 0 Å². The Balaban J connectivity index is 1.72. The number of aromatic amines is 1. The van der Waals surface area contributed by atoms with Crippen LogP contribution in [0, 0.1) is 5.82 Å². The molecule has 1 amide bonds. The number of azo groups is 1. The molecule has 0 unspecified atom stereocenters. The maximum Gasteiger partial charge on any atom is 0.271 e. The molecule has 0 bridgehead atoms. The average Bonchev–Trinajstić information content (AvgIpc) is 2.98. The molecule has 4 N–H and O–H groups in total. The van der Waals surface area contributed by atoms with Gasteiger partial charge in [-0.25, -0.2) is 9.37 Å². The predicted molar refractivity (Wildman–Crippen MR) is 86.8 cm³/mol. The molecule has 0 saturated carbocycles. The Bertz CT molecular complexity index is 909. The molecule has 3 aromatic rings. The summed E-state index contributed by atoms with van der Waals surface area (Å²) in [5.74, 6) is -0.716. The smallest absolute Gasteiger partial charge is 0.271 e. The predicted octanol–water partition coefficient (Wildman–Crippen LogP) is 2.27. The number of hydrogen-bond acceptors (Lipinski definition) is 7. The highest BCUT2D eigenvalue weighted by Gasteiger charge is 2.13. The van der Waals surface area contributed by atoms with Gasteiger partial charge >= 0.3 is 0 Å². The second-order valence-corrected chi connectivity index (χ2v) is 4.89. The lowest BCUT2D eigenvalue weighted by molar-refractivity contribution is 0.0945. The molecular formula is C15H13FN8O. The number of nitrogens with one attached hydrogen (secondary N) is 2. The molecule has 2 aromatic heterocycles. The average molecular weight is 340 g/mol. The minimum atomic E-state index is -0.423. The Morgan fingerprint density at radius 2 is 2.20 bits per heavy atom. The van der Waals surface area contributed by atoms with Crippen LogP contribution in [0.2, 0.25) is 0 Å². The van der Waals surface area contributed by atoms with E-state index in [0.29, 0.717) is 11.4 Å². The van der Waals surface area contributed by atoms with Crippen molar-refractivity contribution in [2.75, 3.05) is 5.73 Å². The van der Waals surface area contributed by atoms with Crippen molar-refractivity contribution in [3.63, 3.8) is 0 Å². The zero-order valence-electron chi connectivity index (χ0n) is 12.8. The molecule has 0 aliphatic carbocycles. The first-order valence-electron chi connectivity index (χ1n) is 7.17. The molecule has 3 rings (SSSR count). The molecule has 0 aliphatic rings. The minimum absolute atomic E-state index is 0.0805. The van der Waals surface area contributed by atoms with Gasteiger partial charge in [0.1, 0.15) is 11.5 Å². The quantitative estimate of drug-likeness (QED) is 0.612. The van der Waals surface area contributed by atoms with E-state index in [-0.39, 0.29) is 23.7 Å². The van der Waals surface area contributed by atoms with Gasteiger partial charge in [-0.2, -0.15) is 10.2 Å². The van der Waals surface area contributed by atoms with Crippen LogP contribution in [0.3, 0.4) is 0 Å². The maximum absolute atomic E-state index is 13.2. The van der Waals surface area contributed by atoms with Gasteiger partial charge in [-0.3, -0.25) is 14.9 Å². The molecule has 0 radical (unpaired) electrons. The Hall–Kier alpha value is -3.69. The Kier molecular flexibility index (Phi) is 4.69. The number of halogens is 1. The number of nitrogen functional groups attached to an aromatic ring is 1. The van der Waals surface area contributed by atoms with Gasteiger partial charge in [-0.1, -0.05) is 6.07 Å². The van der Waals surface area contributed by atoms with E-state index in [9.17, 15) is 9.18 Å². The number of carbonyl (C=O) groups is 1. The van der Waals surface area contributed by atoms with E-state index in [1.54, 1.807) is 6.07 Å². The van der Waals surface area contributed by atoms with E-state index in [0.717, 1.165) is 0 Å². The summed E-state index contributed by atoms with van der Waals surface area (Å²) in [7, 11) is 0. The first kappa shape index (κ1) is 16.2. The van der Waals surface area contributed by atoms with E-state index < -0.39 is 11.7 Å². The molecular weight excluding hydrogens is 327 g/mol. The fourth-order valence-electron chi connectivity index (χ4n) is 1.94. The van der Waals surface area contributed by atoms with Gasteiger partial charge in [0, 0.05) is 18.5 Å². The van der Waals surface area contributed by atoms with E-state index in [2.05, 4.69) is 35.7 Å². The fourth-order valence-corrected chi connectivity index (χ4v) is 1.94. The number of hydrogen-bond donors (Lipinski definition) is 3. The highest BCUT2D eigenvalue weighted by molar-refractivity contribution is 5.91. The molecule has 0 saturated heterocycles. The van der Waals surface area contributed by atoms with Crippen LogP contribution in [0.4, 0.5) is 21.6 Å². The van der Waals surface area contributed by atoms with Crippen molar-refractivity contribution in [2.24, 2.45) is 10.2 Å². The number of amides is 1. The monoisotopic (exact) mass is 340 g/mol. The summed E-state index contributed by atoms with van der Waals surface area (Å²) >= 11 is 0. The van der Waals surface area contributed by atoms with Crippen molar-refractivity contribution in [3.05, 3.63) is 60.1 Å². The SMILES string of the molecule is Nc1n[nH]c(CNC(=O)c2cnccn2)c1N=Nc1cccc(F)c1. The summed E-state index contributed by atoms with van der Waals surface area (Å²) < 4.78 is 13.2. The van der Waals surface area contributed by atoms with Gasteiger partial charge in [-0.05, 0) is 12.1 Å². The third-order valence-electron chi connectivity index (χ3n) is 3.13. The molecule has 0 fully saturated rings. The molecule has 0 aliphatic heterocycles. The van der Waals surface area contributed by atoms with Crippen molar-refractivity contribution in [2.45, 2.75) is 6.54 Å². The van der Waals surface area contributed by atoms with Crippen LogP contribution >= 0.6 is 0 Å². The second kappa shape index (κ2) is 7.25. The summed E-state index contributed by atoms with van der Waals surface area (Å²) in [6.07, 6.45) is 4.24. The highest BCUT2D eigenvalue weighted by atomic mass is 19.1. The van der Waals surface area contributed by atoms with Gasteiger partial charge in [0.15, 0.2) is 11.5 Å². The fraction of sp³-hybridized carbons (Fsp3) is 0.0667. The standard InChI is InChI=1S/C15H13FN8O/c16-9-2-1-3-10(6-9)21-23-13-11(22-24-14(13)17)8-20-15(25)12-7-18-4-5-19-12/h1-7H,8H2,(H,20,25)(H3,17,22,24). The Morgan fingerprint density at radius 1 is 1.32 bits per heavy atom. The number of anilines is 1. The molecule has 0 atom stereocenters. The molecule has 126 valence electrons. The maximum atomic E-state index is 13.2. The molecule has 25 heavy (non-hydrogen) atoms. The number of benzene rings is 1. The topological polar surface area (TPSA) is 134 Å². The Morgan fingerprint density at radius 3 is 2.96 bits per heavy atom. The summed E-state index contributed by atoms with van der Waals surface area (Å²) in [6, 6.07) is 5.65. The zero-order valence-corrected chi connectivity index (χ0v) is 12.8. The minimum Gasteiger partial charge on any atom is -0.380 e. The number of nitrogens with zero attached hydrogens (tertiary/aromatic N) is 5. The normalized spacial score (nSPS) is 10.9. The number of H-pyrrole nitrogens is 1. The number of carbonyl (C=O) groups excluding carboxylic acids is 1. The molecule has 0 spiro atoms. The van der Waals surface area contributed by atoms with Crippen molar-refractivity contribution < 1.29 is 9.18 Å². The summed E-state index contributed by atoms with van der Waals surface area (Å²) in [5, 5.41) is 17.1. The lowest BCUT2D eigenvalue weighted by atomic mass is 10.3. The van der Waals surface area contributed by atoms with Crippen molar-refractivity contribution in [3.8, 4) is 0 Å². The van der Waals surface area contributed by atoms with Gasteiger partial charge in [0.25, 0.3) is 5.91 Å². The van der Waals surface area contributed by atoms with Gasteiger partial charge in [-0.15, -0.1) is 5.11 Å². The summed E-state index contributed by atoms with van der Waals surface area (Å²) in [5.41, 5.74) is 6.98. The van der Waals surface area contributed by atoms with Crippen molar-refractivity contribution in [1.29, 1.82) is 0 Å². The summed E-state index contributed by atoms with van der Waals surface area (Å²) in [6.45, 7) is 0.0805. The third kappa shape index (κ3) is 3.99. The van der Waals surface area contributed by atoms with Crippen LogP contribution in [0.25, 0.3) is 0 Å². The van der Waals surface area contributed by atoms with Crippen LogP contribution in [-0.4, -0.2) is 26.1 Å². The number of nitrogens with two attached hydrogens (primary N) is 1. The van der Waals surface area contributed by atoms with E-state index in [1.165, 1.54) is 36.8 Å². The second-order valence-electron chi connectivity index (χ2n) is 4.89. The molecule has 9 nitrogen and oxygen atoms in total. The lowest BCUT2D eigenvalue weighted by Gasteiger charge is -2.03.